The van der Waals surface area contributed by atoms with Gasteiger partial charge in [0.2, 0.25) is 17.6 Å². The van der Waals surface area contributed by atoms with E-state index in [9.17, 15) is 4.79 Å². The Kier molecular flexibility index (Phi) is 7.60. The van der Waals surface area contributed by atoms with Crippen LogP contribution in [0.15, 0.2) is 71.8 Å². The number of benzene rings is 2. The van der Waals surface area contributed by atoms with Crippen molar-refractivity contribution in [3.05, 3.63) is 73.1 Å². The Morgan fingerprint density at radius 2 is 1.90 bits per heavy atom. The van der Waals surface area contributed by atoms with Crippen molar-refractivity contribution in [3.8, 4) is 22.9 Å². The van der Waals surface area contributed by atoms with Gasteiger partial charge in [0.25, 0.3) is 0 Å². The molecular formula is C23H25N3O4. The summed E-state index contributed by atoms with van der Waals surface area (Å²) < 4.78 is 16.1. The van der Waals surface area contributed by atoms with Gasteiger partial charge >= 0.3 is 0 Å². The van der Waals surface area contributed by atoms with E-state index in [0.29, 0.717) is 37.7 Å². The molecule has 0 spiro atoms. The van der Waals surface area contributed by atoms with Gasteiger partial charge in [0.1, 0.15) is 18.0 Å². The van der Waals surface area contributed by atoms with E-state index in [1.165, 1.54) is 0 Å². The summed E-state index contributed by atoms with van der Waals surface area (Å²) in [6.07, 6.45) is 2.65. The summed E-state index contributed by atoms with van der Waals surface area (Å²) in [4.78, 5) is 18.7. The van der Waals surface area contributed by atoms with Crippen molar-refractivity contribution in [2.75, 3.05) is 20.3 Å². The molecule has 0 aliphatic carbocycles. The Morgan fingerprint density at radius 3 is 2.60 bits per heavy atom. The molecule has 0 saturated carbocycles. The van der Waals surface area contributed by atoms with E-state index in [-0.39, 0.29) is 12.5 Å². The van der Waals surface area contributed by atoms with Crippen LogP contribution in [0.5, 0.6) is 11.5 Å². The molecule has 2 aromatic carbocycles. The zero-order valence-electron chi connectivity index (χ0n) is 17.0. The monoisotopic (exact) mass is 407 g/mol. The lowest BCUT2D eigenvalue weighted by Gasteiger charge is -2.19. The number of ether oxygens (including phenoxy) is 2. The average molecular weight is 407 g/mol. The van der Waals surface area contributed by atoms with Gasteiger partial charge in [0, 0.05) is 18.5 Å². The number of hydrogen-bond donors (Lipinski definition) is 0. The van der Waals surface area contributed by atoms with Crippen molar-refractivity contribution in [1.82, 2.24) is 15.0 Å². The molecule has 0 bridgehead atoms. The van der Waals surface area contributed by atoms with E-state index >= 15 is 0 Å². The molecule has 0 saturated heterocycles. The third-order valence-corrected chi connectivity index (χ3v) is 4.39. The number of hydrogen-bond acceptors (Lipinski definition) is 6. The molecule has 1 aromatic heterocycles. The Bertz CT molecular complexity index is 939. The Morgan fingerprint density at radius 1 is 1.13 bits per heavy atom. The second-order valence-corrected chi connectivity index (χ2v) is 6.57. The van der Waals surface area contributed by atoms with Crippen LogP contribution in [-0.4, -0.2) is 41.2 Å². The van der Waals surface area contributed by atoms with Gasteiger partial charge in [-0.3, -0.25) is 4.79 Å². The van der Waals surface area contributed by atoms with Crippen LogP contribution in [-0.2, 0) is 11.3 Å². The summed E-state index contributed by atoms with van der Waals surface area (Å²) in [5.41, 5.74) is 0.811. The number of methoxy groups -OCH3 is 1. The van der Waals surface area contributed by atoms with Crippen molar-refractivity contribution in [1.29, 1.82) is 0 Å². The number of rotatable bonds is 11. The van der Waals surface area contributed by atoms with Crippen molar-refractivity contribution < 1.29 is 18.8 Å². The normalized spacial score (nSPS) is 10.4. The maximum absolute atomic E-state index is 12.6. The van der Waals surface area contributed by atoms with Crippen LogP contribution in [0.3, 0.4) is 0 Å². The highest BCUT2D eigenvalue weighted by molar-refractivity contribution is 5.76. The Balaban J connectivity index is 1.53. The SMILES string of the molecule is C=CCN(Cc1nc(-c2ccc(OC)cc2)no1)C(=O)CCCOc1ccccc1. The molecule has 1 amide bonds. The van der Waals surface area contributed by atoms with Gasteiger partial charge in [-0.15, -0.1) is 6.58 Å². The zero-order valence-corrected chi connectivity index (χ0v) is 17.0. The first-order valence-corrected chi connectivity index (χ1v) is 9.73. The van der Waals surface area contributed by atoms with Crippen molar-refractivity contribution in [3.63, 3.8) is 0 Å². The van der Waals surface area contributed by atoms with Crippen LogP contribution in [0.4, 0.5) is 0 Å². The number of carbonyl (C=O) groups is 1. The maximum Gasteiger partial charge on any atom is 0.246 e. The van der Waals surface area contributed by atoms with E-state index in [1.54, 1.807) is 18.1 Å². The van der Waals surface area contributed by atoms with Crippen molar-refractivity contribution in [2.45, 2.75) is 19.4 Å². The quantitative estimate of drug-likeness (QED) is 0.351. The fraction of sp³-hybridized carbons (Fsp3) is 0.261. The van der Waals surface area contributed by atoms with Crippen LogP contribution in [0, 0.1) is 0 Å². The lowest BCUT2D eigenvalue weighted by atomic mass is 10.2. The van der Waals surface area contributed by atoms with Crippen LogP contribution in [0.1, 0.15) is 18.7 Å². The standard InChI is InChI=1S/C23H25N3O4/c1-3-15-26(22(27)10-7-16-29-20-8-5-4-6-9-20)17-21-24-23(25-30-21)18-11-13-19(28-2)14-12-18/h3-6,8-9,11-14H,1,7,10,15-17H2,2H3. The maximum atomic E-state index is 12.6. The van der Waals surface area contributed by atoms with Crippen LogP contribution < -0.4 is 9.47 Å². The molecule has 0 atom stereocenters. The summed E-state index contributed by atoms with van der Waals surface area (Å²) in [6.45, 7) is 4.84. The first-order valence-electron chi connectivity index (χ1n) is 9.73. The Labute approximate surface area is 175 Å². The fourth-order valence-electron chi connectivity index (χ4n) is 2.84. The summed E-state index contributed by atoms with van der Waals surface area (Å²) in [5.74, 6) is 2.37. The number of carbonyl (C=O) groups excluding carboxylic acids is 1. The van der Waals surface area contributed by atoms with E-state index in [2.05, 4.69) is 16.7 Å². The van der Waals surface area contributed by atoms with Crippen molar-refractivity contribution in [2.24, 2.45) is 0 Å². The van der Waals surface area contributed by atoms with Gasteiger partial charge in [-0.2, -0.15) is 4.98 Å². The van der Waals surface area contributed by atoms with Crippen LogP contribution in [0.25, 0.3) is 11.4 Å². The van der Waals surface area contributed by atoms with Gasteiger partial charge < -0.3 is 18.9 Å². The van der Waals surface area contributed by atoms with E-state index in [0.717, 1.165) is 17.1 Å². The van der Waals surface area contributed by atoms with Gasteiger partial charge in [0.05, 0.1) is 13.7 Å². The summed E-state index contributed by atoms with van der Waals surface area (Å²) >= 11 is 0. The minimum absolute atomic E-state index is 0.0178. The number of aromatic nitrogens is 2. The molecule has 1 heterocycles. The molecule has 3 rings (SSSR count). The second-order valence-electron chi connectivity index (χ2n) is 6.57. The highest BCUT2D eigenvalue weighted by Crippen LogP contribution is 2.20. The third kappa shape index (κ3) is 5.94. The van der Waals surface area contributed by atoms with Gasteiger partial charge in [-0.1, -0.05) is 29.4 Å². The predicted molar refractivity (Wildman–Crippen MR) is 113 cm³/mol. The minimum atomic E-state index is -0.0178. The summed E-state index contributed by atoms with van der Waals surface area (Å²) in [6, 6.07) is 16.9. The first-order chi connectivity index (χ1) is 14.7. The lowest BCUT2D eigenvalue weighted by molar-refractivity contribution is -0.131. The number of nitrogens with zero attached hydrogens (tertiary/aromatic N) is 3. The molecule has 0 aliphatic heterocycles. The Hall–Kier alpha value is -3.61. The summed E-state index contributed by atoms with van der Waals surface area (Å²) in [5, 5.41) is 4.01. The molecule has 7 heteroatoms. The van der Waals surface area contributed by atoms with E-state index in [1.807, 2.05) is 54.6 Å². The van der Waals surface area contributed by atoms with Crippen LogP contribution in [0.2, 0.25) is 0 Å². The second kappa shape index (κ2) is 10.8. The molecule has 7 nitrogen and oxygen atoms in total. The zero-order chi connectivity index (χ0) is 21.2. The minimum Gasteiger partial charge on any atom is -0.497 e. The molecule has 30 heavy (non-hydrogen) atoms. The fourth-order valence-corrected chi connectivity index (χ4v) is 2.84. The van der Waals surface area contributed by atoms with E-state index in [4.69, 9.17) is 14.0 Å². The molecule has 0 N–H and O–H groups in total. The molecule has 3 aromatic rings. The molecule has 0 fully saturated rings. The molecule has 0 aliphatic rings. The van der Waals surface area contributed by atoms with Gasteiger partial charge in [-0.05, 0) is 42.8 Å². The van der Waals surface area contributed by atoms with Crippen LogP contribution >= 0.6 is 0 Å². The van der Waals surface area contributed by atoms with Crippen molar-refractivity contribution >= 4 is 5.91 Å². The van der Waals surface area contributed by atoms with E-state index < -0.39 is 0 Å². The molecule has 156 valence electrons. The number of amides is 1. The number of para-hydroxylation sites is 1. The van der Waals surface area contributed by atoms with Gasteiger partial charge in [0.15, 0.2) is 0 Å². The summed E-state index contributed by atoms with van der Waals surface area (Å²) in [7, 11) is 1.61. The highest BCUT2D eigenvalue weighted by Gasteiger charge is 2.17. The highest BCUT2D eigenvalue weighted by atomic mass is 16.5. The van der Waals surface area contributed by atoms with Gasteiger partial charge in [-0.25, -0.2) is 0 Å². The topological polar surface area (TPSA) is 77.7 Å². The third-order valence-electron chi connectivity index (χ3n) is 4.39. The molecular weight excluding hydrogens is 382 g/mol. The molecule has 0 unspecified atom stereocenters. The lowest BCUT2D eigenvalue weighted by Crippen LogP contribution is -2.31. The predicted octanol–water partition coefficient (Wildman–Crippen LogP) is 4.12. The molecule has 0 radical (unpaired) electrons. The first kappa shape index (κ1) is 21.1. The average Bonchev–Trinajstić information content (AvgIpc) is 3.25. The smallest absolute Gasteiger partial charge is 0.246 e. The largest absolute Gasteiger partial charge is 0.497 e.